The van der Waals surface area contributed by atoms with E-state index in [-0.39, 0.29) is 17.0 Å². The first-order valence-corrected chi connectivity index (χ1v) is 2.96. The molecule has 1 aromatic heterocycles. The molecule has 4 nitrogen and oxygen atoms in total. The second-order valence-electron chi connectivity index (χ2n) is 2.08. The van der Waals surface area contributed by atoms with E-state index in [1.165, 1.54) is 19.2 Å². The highest BCUT2D eigenvalue weighted by Crippen LogP contribution is 2.09. The van der Waals surface area contributed by atoms with Crippen molar-refractivity contribution in [2.75, 3.05) is 0 Å². The number of pyridine rings is 1. The summed E-state index contributed by atoms with van der Waals surface area (Å²) in [5.74, 6) is -0.292. The Labute approximate surface area is 62.9 Å². The largest absolute Gasteiger partial charge is 0.493 e. The first-order chi connectivity index (χ1) is 5.16. The SMILES string of the molecule is Cn1c(O)c(C#N)ccc1=O. The van der Waals surface area contributed by atoms with Crippen molar-refractivity contribution in [1.29, 1.82) is 5.26 Å². The topological polar surface area (TPSA) is 66.0 Å². The summed E-state index contributed by atoms with van der Waals surface area (Å²) in [6, 6.07) is 4.28. The van der Waals surface area contributed by atoms with Crippen LogP contribution in [0.1, 0.15) is 5.56 Å². The minimum atomic E-state index is -0.332. The van der Waals surface area contributed by atoms with E-state index >= 15 is 0 Å². The predicted molar refractivity (Wildman–Crippen MR) is 38.1 cm³/mol. The predicted octanol–water partition coefficient (Wildman–Crippen LogP) is -0.0374. The highest BCUT2D eigenvalue weighted by molar-refractivity contribution is 5.36. The van der Waals surface area contributed by atoms with Crippen LogP contribution in [-0.2, 0) is 7.05 Å². The highest BCUT2D eigenvalue weighted by atomic mass is 16.3. The molecule has 0 fully saturated rings. The number of hydrogen-bond donors (Lipinski definition) is 1. The summed E-state index contributed by atoms with van der Waals surface area (Å²) in [5, 5.41) is 17.5. The van der Waals surface area contributed by atoms with E-state index in [2.05, 4.69) is 0 Å². The van der Waals surface area contributed by atoms with Crippen molar-refractivity contribution in [3.8, 4) is 11.9 Å². The van der Waals surface area contributed by atoms with Crippen LogP contribution in [0, 0.1) is 11.3 Å². The molecule has 1 N–H and O–H groups in total. The van der Waals surface area contributed by atoms with Crippen LogP contribution in [0.3, 0.4) is 0 Å². The minimum Gasteiger partial charge on any atom is -0.493 e. The lowest BCUT2D eigenvalue weighted by Crippen LogP contribution is -2.15. The third-order valence-corrected chi connectivity index (χ3v) is 1.40. The zero-order valence-corrected chi connectivity index (χ0v) is 5.90. The average molecular weight is 150 g/mol. The molecule has 0 aliphatic heterocycles. The summed E-state index contributed by atoms with van der Waals surface area (Å²) in [7, 11) is 1.40. The zero-order valence-electron chi connectivity index (χ0n) is 5.90. The maximum absolute atomic E-state index is 10.8. The zero-order chi connectivity index (χ0) is 8.43. The molecule has 0 spiro atoms. The Morgan fingerprint density at radius 3 is 2.82 bits per heavy atom. The van der Waals surface area contributed by atoms with Gasteiger partial charge in [0, 0.05) is 13.1 Å². The molecular formula is C7H6N2O2. The monoisotopic (exact) mass is 150 g/mol. The second-order valence-corrected chi connectivity index (χ2v) is 2.08. The fourth-order valence-electron chi connectivity index (χ4n) is 0.713. The van der Waals surface area contributed by atoms with E-state index in [4.69, 9.17) is 10.4 Å². The van der Waals surface area contributed by atoms with Gasteiger partial charge in [0.2, 0.25) is 5.88 Å². The summed E-state index contributed by atoms with van der Waals surface area (Å²) in [5.41, 5.74) is -0.228. The maximum atomic E-state index is 10.8. The van der Waals surface area contributed by atoms with Gasteiger partial charge < -0.3 is 5.11 Å². The van der Waals surface area contributed by atoms with E-state index in [1.807, 2.05) is 0 Å². The molecule has 56 valence electrons. The molecule has 1 heterocycles. The molecule has 0 amide bonds. The Morgan fingerprint density at radius 2 is 2.27 bits per heavy atom. The lowest BCUT2D eigenvalue weighted by molar-refractivity contribution is 0.421. The van der Waals surface area contributed by atoms with Crippen molar-refractivity contribution in [2.24, 2.45) is 7.05 Å². The van der Waals surface area contributed by atoms with Crippen molar-refractivity contribution in [2.45, 2.75) is 0 Å². The number of nitriles is 1. The van der Waals surface area contributed by atoms with Crippen LogP contribution >= 0.6 is 0 Å². The van der Waals surface area contributed by atoms with Gasteiger partial charge in [-0.15, -0.1) is 0 Å². The van der Waals surface area contributed by atoms with Crippen LogP contribution in [-0.4, -0.2) is 9.67 Å². The van der Waals surface area contributed by atoms with Gasteiger partial charge in [0.05, 0.1) is 0 Å². The van der Waals surface area contributed by atoms with Crippen LogP contribution in [0.15, 0.2) is 16.9 Å². The van der Waals surface area contributed by atoms with Crippen molar-refractivity contribution in [3.63, 3.8) is 0 Å². The molecular weight excluding hydrogens is 144 g/mol. The standard InChI is InChI=1S/C7H6N2O2/c1-9-6(10)3-2-5(4-8)7(9)11/h2-3,11H,1H3. The molecule has 0 aliphatic carbocycles. The van der Waals surface area contributed by atoms with Gasteiger partial charge in [-0.2, -0.15) is 5.26 Å². The summed E-state index contributed by atoms with van der Waals surface area (Å²) >= 11 is 0. The molecule has 0 unspecified atom stereocenters. The molecule has 0 radical (unpaired) electrons. The molecule has 0 atom stereocenters. The van der Waals surface area contributed by atoms with Crippen LogP contribution in [0.2, 0.25) is 0 Å². The number of hydrogen-bond acceptors (Lipinski definition) is 3. The quantitative estimate of drug-likeness (QED) is 0.564. The van der Waals surface area contributed by atoms with E-state index in [1.54, 1.807) is 6.07 Å². The lowest BCUT2D eigenvalue weighted by Gasteiger charge is -2.00. The van der Waals surface area contributed by atoms with Gasteiger partial charge in [-0.05, 0) is 6.07 Å². The number of nitrogens with zero attached hydrogens (tertiary/aromatic N) is 2. The molecule has 11 heavy (non-hydrogen) atoms. The molecule has 0 saturated carbocycles. The second kappa shape index (κ2) is 2.46. The molecule has 1 rings (SSSR count). The van der Waals surface area contributed by atoms with Gasteiger partial charge in [0.25, 0.3) is 5.56 Å². The van der Waals surface area contributed by atoms with Crippen LogP contribution in [0.25, 0.3) is 0 Å². The lowest BCUT2D eigenvalue weighted by atomic mass is 10.3. The summed E-state index contributed by atoms with van der Waals surface area (Å²) in [4.78, 5) is 10.8. The third-order valence-electron chi connectivity index (χ3n) is 1.40. The molecule has 0 saturated heterocycles. The fourth-order valence-corrected chi connectivity index (χ4v) is 0.713. The van der Waals surface area contributed by atoms with Gasteiger partial charge in [0.1, 0.15) is 11.6 Å². The minimum absolute atomic E-state index is 0.104. The Balaban J connectivity index is 3.52. The van der Waals surface area contributed by atoms with Gasteiger partial charge >= 0.3 is 0 Å². The average Bonchev–Trinajstić information content (AvgIpc) is 2.01. The smallest absolute Gasteiger partial charge is 0.253 e. The van der Waals surface area contributed by atoms with Crippen LogP contribution in [0.5, 0.6) is 5.88 Å². The molecule has 4 heteroatoms. The van der Waals surface area contributed by atoms with E-state index in [9.17, 15) is 4.79 Å². The Kier molecular flexibility index (Phi) is 1.65. The molecule has 0 aromatic carbocycles. The molecule has 0 bridgehead atoms. The summed E-state index contributed by atoms with van der Waals surface area (Å²) in [6.45, 7) is 0. The third kappa shape index (κ3) is 1.08. The van der Waals surface area contributed by atoms with Gasteiger partial charge in [-0.25, -0.2) is 0 Å². The van der Waals surface area contributed by atoms with Gasteiger partial charge in [-0.3, -0.25) is 9.36 Å². The number of rotatable bonds is 0. The Morgan fingerprint density at radius 1 is 1.64 bits per heavy atom. The number of aromatic nitrogens is 1. The molecule has 0 aliphatic rings. The van der Waals surface area contributed by atoms with Crippen molar-refractivity contribution < 1.29 is 5.11 Å². The van der Waals surface area contributed by atoms with Crippen molar-refractivity contribution in [1.82, 2.24) is 4.57 Å². The van der Waals surface area contributed by atoms with Gasteiger partial charge in [-0.1, -0.05) is 0 Å². The highest BCUT2D eigenvalue weighted by Gasteiger charge is 2.02. The first kappa shape index (κ1) is 7.35. The number of aromatic hydroxyl groups is 1. The summed E-state index contributed by atoms with van der Waals surface area (Å²) < 4.78 is 1.01. The van der Waals surface area contributed by atoms with E-state index < -0.39 is 0 Å². The van der Waals surface area contributed by atoms with Gasteiger partial charge in [0.15, 0.2) is 0 Å². The normalized spacial score (nSPS) is 9.09. The fraction of sp³-hybridized carbons (Fsp3) is 0.143. The van der Waals surface area contributed by atoms with E-state index in [0.717, 1.165) is 4.57 Å². The molecule has 1 aromatic rings. The maximum Gasteiger partial charge on any atom is 0.253 e. The first-order valence-electron chi connectivity index (χ1n) is 2.96. The van der Waals surface area contributed by atoms with Crippen molar-refractivity contribution in [3.05, 3.63) is 28.0 Å². The summed E-state index contributed by atoms with van der Waals surface area (Å²) in [6.07, 6.45) is 0. The van der Waals surface area contributed by atoms with Crippen LogP contribution in [0.4, 0.5) is 0 Å². The van der Waals surface area contributed by atoms with E-state index in [0.29, 0.717) is 0 Å². The Bertz CT molecular complexity index is 373. The van der Waals surface area contributed by atoms with Crippen LogP contribution < -0.4 is 5.56 Å². The van der Waals surface area contributed by atoms with Crippen molar-refractivity contribution >= 4 is 0 Å². The Hall–Kier alpha value is -1.76.